The van der Waals surface area contributed by atoms with Crippen LogP contribution in [0, 0.1) is 0 Å². The van der Waals surface area contributed by atoms with Crippen LogP contribution < -0.4 is 10.6 Å². The van der Waals surface area contributed by atoms with E-state index in [1.54, 1.807) is 12.4 Å². The Bertz CT molecular complexity index is 321. The normalized spacial score (nSPS) is 20.9. The number of hydrogen-bond acceptors (Lipinski definition) is 5. The number of aromatic nitrogens is 2. The maximum Gasteiger partial charge on any atom is 0.211 e. The monoisotopic (exact) mass is 208 g/mol. The SMILES string of the molecule is O=CNc1cnc(C2CNCCO2)nc1. The maximum atomic E-state index is 10.2. The van der Waals surface area contributed by atoms with Gasteiger partial charge in [0.15, 0.2) is 5.82 Å². The number of hydrogen-bond donors (Lipinski definition) is 2. The maximum absolute atomic E-state index is 10.2. The molecule has 1 atom stereocenters. The second kappa shape index (κ2) is 4.81. The quantitative estimate of drug-likeness (QED) is 0.667. The van der Waals surface area contributed by atoms with Gasteiger partial charge in [0.2, 0.25) is 6.41 Å². The van der Waals surface area contributed by atoms with Crippen molar-refractivity contribution in [3.63, 3.8) is 0 Å². The average Bonchev–Trinajstić information content (AvgIpc) is 2.32. The highest BCUT2D eigenvalue weighted by Gasteiger charge is 2.17. The summed E-state index contributed by atoms with van der Waals surface area (Å²) in [4.78, 5) is 18.4. The molecular weight excluding hydrogens is 196 g/mol. The first-order valence-corrected chi connectivity index (χ1v) is 4.74. The predicted molar refractivity (Wildman–Crippen MR) is 53.3 cm³/mol. The van der Waals surface area contributed by atoms with Crippen molar-refractivity contribution in [3.8, 4) is 0 Å². The number of ether oxygens (including phenoxy) is 1. The first-order valence-electron chi connectivity index (χ1n) is 4.74. The van der Waals surface area contributed by atoms with Crippen LogP contribution in [0.5, 0.6) is 0 Å². The Morgan fingerprint density at radius 3 is 2.93 bits per heavy atom. The van der Waals surface area contributed by atoms with Gasteiger partial charge in [-0.05, 0) is 0 Å². The molecule has 6 nitrogen and oxygen atoms in total. The summed E-state index contributed by atoms with van der Waals surface area (Å²) in [5, 5.41) is 5.67. The van der Waals surface area contributed by atoms with Gasteiger partial charge in [0.05, 0.1) is 24.7 Å². The van der Waals surface area contributed by atoms with Crippen LogP contribution in [0.25, 0.3) is 0 Å². The minimum Gasteiger partial charge on any atom is -0.368 e. The molecule has 80 valence electrons. The standard InChI is InChI=1S/C9H12N4O2/c14-6-13-7-3-11-9(12-4-7)8-5-10-1-2-15-8/h3-4,6,8,10H,1-2,5H2,(H,13,14). The molecule has 0 spiro atoms. The second-order valence-corrected chi connectivity index (χ2v) is 3.16. The molecule has 1 aromatic rings. The molecule has 1 aliphatic rings. The van der Waals surface area contributed by atoms with Gasteiger partial charge in [-0.1, -0.05) is 0 Å². The highest BCUT2D eigenvalue weighted by atomic mass is 16.5. The number of anilines is 1. The van der Waals surface area contributed by atoms with Crippen LogP contribution in [0.3, 0.4) is 0 Å². The molecule has 0 bridgehead atoms. The smallest absolute Gasteiger partial charge is 0.211 e. The van der Waals surface area contributed by atoms with Gasteiger partial charge in [0.25, 0.3) is 0 Å². The topological polar surface area (TPSA) is 76.1 Å². The van der Waals surface area contributed by atoms with Crippen molar-refractivity contribution in [3.05, 3.63) is 18.2 Å². The van der Waals surface area contributed by atoms with Gasteiger partial charge in [0, 0.05) is 13.1 Å². The molecule has 0 radical (unpaired) electrons. The lowest BCUT2D eigenvalue weighted by molar-refractivity contribution is -0.105. The number of carbonyl (C=O) groups excluding carboxylic acids is 1. The fourth-order valence-corrected chi connectivity index (χ4v) is 1.38. The Balaban J connectivity index is 2.04. The van der Waals surface area contributed by atoms with E-state index in [0.29, 0.717) is 24.5 Å². The van der Waals surface area contributed by atoms with Crippen molar-refractivity contribution in [2.75, 3.05) is 25.0 Å². The van der Waals surface area contributed by atoms with Crippen molar-refractivity contribution in [2.24, 2.45) is 0 Å². The lowest BCUT2D eigenvalue weighted by Gasteiger charge is -2.22. The predicted octanol–water partition coefficient (Wildman–Crippen LogP) is -0.294. The van der Waals surface area contributed by atoms with Crippen molar-refractivity contribution >= 4 is 12.1 Å². The van der Waals surface area contributed by atoms with Crippen LogP contribution in [-0.2, 0) is 9.53 Å². The van der Waals surface area contributed by atoms with E-state index in [1.807, 2.05) is 0 Å². The van der Waals surface area contributed by atoms with Crippen LogP contribution in [-0.4, -0.2) is 36.1 Å². The lowest BCUT2D eigenvalue weighted by atomic mass is 10.3. The molecule has 1 aromatic heterocycles. The van der Waals surface area contributed by atoms with E-state index < -0.39 is 0 Å². The summed E-state index contributed by atoms with van der Waals surface area (Å²) in [7, 11) is 0. The molecule has 1 aliphatic heterocycles. The van der Waals surface area contributed by atoms with Crippen LogP contribution in [0.4, 0.5) is 5.69 Å². The van der Waals surface area contributed by atoms with Crippen molar-refractivity contribution in [1.29, 1.82) is 0 Å². The summed E-state index contributed by atoms with van der Waals surface area (Å²) in [6.07, 6.45) is 3.63. The van der Waals surface area contributed by atoms with E-state index in [1.165, 1.54) is 0 Å². The summed E-state index contributed by atoms with van der Waals surface area (Å²) in [6.45, 7) is 2.25. The Labute approximate surface area is 87.1 Å². The molecular formula is C9H12N4O2. The highest BCUT2D eigenvalue weighted by molar-refractivity contribution is 5.69. The van der Waals surface area contributed by atoms with Crippen molar-refractivity contribution in [2.45, 2.75) is 6.10 Å². The van der Waals surface area contributed by atoms with E-state index in [4.69, 9.17) is 4.74 Å². The number of amides is 1. The largest absolute Gasteiger partial charge is 0.368 e. The molecule has 0 saturated carbocycles. The van der Waals surface area contributed by atoms with E-state index in [0.717, 1.165) is 13.1 Å². The van der Waals surface area contributed by atoms with Crippen LogP contribution >= 0.6 is 0 Å². The van der Waals surface area contributed by atoms with Crippen LogP contribution in [0.1, 0.15) is 11.9 Å². The number of nitrogens with one attached hydrogen (secondary N) is 2. The van der Waals surface area contributed by atoms with E-state index in [9.17, 15) is 4.79 Å². The molecule has 0 aliphatic carbocycles. The van der Waals surface area contributed by atoms with Gasteiger partial charge in [-0.3, -0.25) is 4.79 Å². The van der Waals surface area contributed by atoms with Gasteiger partial charge in [-0.25, -0.2) is 9.97 Å². The molecule has 1 fully saturated rings. The molecule has 2 heterocycles. The summed E-state index contributed by atoms with van der Waals surface area (Å²) < 4.78 is 5.49. The average molecular weight is 208 g/mol. The number of carbonyl (C=O) groups is 1. The van der Waals surface area contributed by atoms with Crippen molar-refractivity contribution in [1.82, 2.24) is 15.3 Å². The van der Waals surface area contributed by atoms with Gasteiger partial charge < -0.3 is 15.4 Å². The molecule has 2 N–H and O–H groups in total. The zero-order valence-corrected chi connectivity index (χ0v) is 8.14. The van der Waals surface area contributed by atoms with Gasteiger partial charge in [-0.2, -0.15) is 0 Å². The number of rotatable bonds is 3. The third kappa shape index (κ3) is 2.48. The van der Waals surface area contributed by atoms with Gasteiger partial charge in [0.1, 0.15) is 6.10 Å². The first kappa shape index (κ1) is 10.0. The molecule has 1 saturated heterocycles. The third-order valence-corrected chi connectivity index (χ3v) is 2.11. The molecule has 2 rings (SSSR count). The second-order valence-electron chi connectivity index (χ2n) is 3.16. The third-order valence-electron chi connectivity index (χ3n) is 2.11. The number of nitrogens with zero attached hydrogens (tertiary/aromatic N) is 2. The Kier molecular flexibility index (Phi) is 3.21. The van der Waals surface area contributed by atoms with E-state index >= 15 is 0 Å². The molecule has 15 heavy (non-hydrogen) atoms. The van der Waals surface area contributed by atoms with Crippen molar-refractivity contribution < 1.29 is 9.53 Å². The first-order chi connectivity index (χ1) is 7.40. The Morgan fingerprint density at radius 2 is 2.33 bits per heavy atom. The minimum absolute atomic E-state index is 0.0935. The van der Waals surface area contributed by atoms with E-state index in [2.05, 4.69) is 20.6 Å². The molecule has 1 amide bonds. The Morgan fingerprint density at radius 1 is 1.53 bits per heavy atom. The van der Waals surface area contributed by atoms with E-state index in [-0.39, 0.29) is 6.10 Å². The summed E-state index contributed by atoms with van der Waals surface area (Å²) in [5.41, 5.74) is 0.581. The van der Waals surface area contributed by atoms with Crippen LogP contribution in [0.2, 0.25) is 0 Å². The zero-order valence-electron chi connectivity index (χ0n) is 8.14. The fraction of sp³-hybridized carbons (Fsp3) is 0.444. The molecule has 6 heteroatoms. The van der Waals surface area contributed by atoms with Gasteiger partial charge in [-0.15, -0.1) is 0 Å². The highest BCUT2D eigenvalue weighted by Crippen LogP contribution is 2.14. The fourth-order valence-electron chi connectivity index (χ4n) is 1.38. The van der Waals surface area contributed by atoms with Crippen LogP contribution in [0.15, 0.2) is 12.4 Å². The molecule has 1 unspecified atom stereocenters. The lowest BCUT2D eigenvalue weighted by Crippen LogP contribution is -2.34. The Hall–Kier alpha value is -1.53. The summed E-state index contributed by atoms with van der Waals surface area (Å²) in [6, 6.07) is 0. The van der Waals surface area contributed by atoms with Gasteiger partial charge >= 0.3 is 0 Å². The minimum atomic E-state index is -0.0935. The molecule has 0 aromatic carbocycles. The zero-order chi connectivity index (χ0) is 10.5. The summed E-state index contributed by atoms with van der Waals surface area (Å²) >= 11 is 0. The summed E-state index contributed by atoms with van der Waals surface area (Å²) in [5.74, 6) is 0.638. The number of morpholine rings is 1.